The minimum Gasteiger partial charge on any atom is -0.480 e. The number of carboxylic acid groups (broad SMARTS) is 1. The van der Waals surface area contributed by atoms with E-state index in [1.807, 2.05) is 6.07 Å². The van der Waals surface area contributed by atoms with E-state index in [1.165, 1.54) is 6.92 Å². The Hall–Kier alpha value is -2.94. The van der Waals surface area contributed by atoms with Gasteiger partial charge in [0.05, 0.1) is 6.10 Å². The molecule has 0 radical (unpaired) electrons. The number of hydrogen-bond donors (Lipinski definition) is 4. The molecular formula is C20H26N2O7. The first-order valence-electron chi connectivity index (χ1n) is 9.48. The summed E-state index contributed by atoms with van der Waals surface area (Å²) >= 11 is 0. The van der Waals surface area contributed by atoms with Crippen molar-refractivity contribution in [1.29, 1.82) is 0 Å². The Bertz CT molecular complexity index is 736. The van der Waals surface area contributed by atoms with Gasteiger partial charge in [-0.05, 0) is 31.2 Å². The van der Waals surface area contributed by atoms with Crippen LogP contribution in [-0.4, -0.2) is 52.2 Å². The Kier molecular flexibility index (Phi) is 8.14. The minimum absolute atomic E-state index is 0.0250. The van der Waals surface area contributed by atoms with Crippen LogP contribution in [0.1, 0.15) is 38.2 Å². The number of aliphatic carboxylic acids is 1. The van der Waals surface area contributed by atoms with Crippen molar-refractivity contribution in [2.45, 2.75) is 57.4 Å². The van der Waals surface area contributed by atoms with Gasteiger partial charge in [0.1, 0.15) is 24.5 Å². The topological polar surface area (TPSA) is 142 Å². The van der Waals surface area contributed by atoms with Crippen LogP contribution in [0.2, 0.25) is 0 Å². The minimum atomic E-state index is -1.40. The SMILES string of the molecule is C[C@@H](O)[C@H](NC(=O)OCc1ccccc1)C(=O)N[C@@H](C(=O)O)[C@@H]1CCCC(=O)C1. The highest BCUT2D eigenvalue weighted by Crippen LogP contribution is 2.24. The van der Waals surface area contributed by atoms with Crippen LogP contribution < -0.4 is 10.6 Å². The summed E-state index contributed by atoms with van der Waals surface area (Å²) in [5.74, 6) is -2.70. The average molecular weight is 406 g/mol. The van der Waals surface area contributed by atoms with Gasteiger partial charge < -0.3 is 25.6 Å². The summed E-state index contributed by atoms with van der Waals surface area (Å²) in [7, 11) is 0. The van der Waals surface area contributed by atoms with Crippen molar-refractivity contribution in [2.24, 2.45) is 5.92 Å². The third-order valence-corrected chi connectivity index (χ3v) is 4.81. The number of aliphatic hydroxyl groups is 1. The van der Waals surface area contributed by atoms with Crippen molar-refractivity contribution in [3.05, 3.63) is 35.9 Å². The van der Waals surface area contributed by atoms with Crippen LogP contribution in [0.3, 0.4) is 0 Å². The van der Waals surface area contributed by atoms with E-state index in [-0.39, 0.29) is 18.8 Å². The highest BCUT2D eigenvalue weighted by Gasteiger charge is 2.36. The Morgan fingerprint density at radius 2 is 1.90 bits per heavy atom. The molecule has 0 spiro atoms. The molecule has 0 saturated heterocycles. The lowest BCUT2D eigenvalue weighted by molar-refractivity contribution is -0.145. The predicted molar refractivity (Wildman–Crippen MR) is 102 cm³/mol. The molecule has 2 amide bonds. The molecule has 1 aromatic rings. The second-order valence-electron chi connectivity index (χ2n) is 7.14. The number of aliphatic hydroxyl groups excluding tert-OH is 1. The summed E-state index contributed by atoms with van der Waals surface area (Å²) in [6.07, 6.45) is -0.677. The maximum absolute atomic E-state index is 12.5. The fourth-order valence-electron chi connectivity index (χ4n) is 3.26. The van der Waals surface area contributed by atoms with E-state index in [0.717, 1.165) is 5.56 Å². The van der Waals surface area contributed by atoms with E-state index >= 15 is 0 Å². The number of carboxylic acids is 1. The number of carbonyl (C=O) groups excluding carboxylic acids is 3. The van der Waals surface area contributed by atoms with Gasteiger partial charge in [-0.1, -0.05) is 30.3 Å². The lowest BCUT2D eigenvalue weighted by atomic mass is 9.83. The van der Waals surface area contributed by atoms with Gasteiger partial charge in [-0.15, -0.1) is 0 Å². The monoisotopic (exact) mass is 406 g/mol. The zero-order valence-electron chi connectivity index (χ0n) is 16.2. The van der Waals surface area contributed by atoms with Crippen molar-refractivity contribution in [2.75, 3.05) is 0 Å². The molecule has 0 bridgehead atoms. The van der Waals surface area contributed by atoms with Gasteiger partial charge in [0.15, 0.2) is 0 Å². The summed E-state index contributed by atoms with van der Waals surface area (Å²) in [6.45, 7) is 1.27. The van der Waals surface area contributed by atoms with Crippen LogP contribution in [0, 0.1) is 5.92 Å². The fourth-order valence-corrected chi connectivity index (χ4v) is 3.26. The number of ether oxygens (including phenoxy) is 1. The Morgan fingerprint density at radius 3 is 2.48 bits per heavy atom. The number of rotatable bonds is 8. The van der Waals surface area contributed by atoms with Crippen LogP contribution in [0.5, 0.6) is 0 Å². The van der Waals surface area contributed by atoms with Crippen molar-refractivity contribution < 1.29 is 34.1 Å². The standard InChI is InChI=1S/C20H26N2O7/c1-12(23)16(22-20(28)29-11-13-6-3-2-4-7-13)18(25)21-17(19(26)27)14-8-5-9-15(24)10-14/h2-4,6-7,12,14,16-17,23H,5,8-11H2,1H3,(H,21,25)(H,22,28)(H,26,27)/t12-,14-,16+,17-/m1/s1. The third-order valence-electron chi connectivity index (χ3n) is 4.81. The second-order valence-corrected chi connectivity index (χ2v) is 7.14. The molecule has 0 heterocycles. The van der Waals surface area contributed by atoms with Crippen LogP contribution in [0.25, 0.3) is 0 Å². The van der Waals surface area contributed by atoms with E-state index in [2.05, 4.69) is 10.6 Å². The lowest BCUT2D eigenvalue weighted by Gasteiger charge is -2.29. The number of carbonyl (C=O) groups is 4. The molecule has 0 aromatic heterocycles. The second kappa shape index (κ2) is 10.6. The van der Waals surface area contributed by atoms with Crippen LogP contribution in [0.15, 0.2) is 30.3 Å². The molecule has 29 heavy (non-hydrogen) atoms. The highest BCUT2D eigenvalue weighted by molar-refractivity contribution is 5.90. The molecule has 9 nitrogen and oxygen atoms in total. The van der Waals surface area contributed by atoms with E-state index < -0.39 is 42.1 Å². The summed E-state index contributed by atoms with van der Waals surface area (Å²) in [5.41, 5.74) is 0.744. The molecule has 9 heteroatoms. The Labute approximate surface area is 168 Å². The fraction of sp³-hybridized carbons (Fsp3) is 0.500. The largest absolute Gasteiger partial charge is 0.480 e. The number of hydrogen-bond acceptors (Lipinski definition) is 6. The number of benzene rings is 1. The van der Waals surface area contributed by atoms with Gasteiger partial charge in [0.25, 0.3) is 0 Å². The van der Waals surface area contributed by atoms with Gasteiger partial charge in [-0.2, -0.15) is 0 Å². The van der Waals surface area contributed by atoms with Gasteiger partial charge in [-0.25, -0.2) is 9.59 Å². The third kappa shape index (κ3) is 6.86. The van der Waals surface area contributed by atoms with Gasteiger partial charge in [-0.3, -0.25) is 9.59 Å². The zero-order chi connectivity index (χ0) is 21.4. The summed E-state index contributed by atoms with van der Waals surface area (Å²) in [4.78, 5) is 47.8. The van der Waals surface area contributed by atoms with Crippen molar-refractivity contribution in [3.63, 3.8) is 0 Å². The lowest BCUT2D eigenvalue weighted by Crippen LogP contribution is -2.57. The smallest absolute Gasteiger partial charge is 0.408 e. The van der Waals surface area contributed by atoms with Crippen LogP contribution in [-0.2, 0) is 25.7 Å². The first kappa shape index (κ1) is 22.4. The molecule has 4 atom stereocenters. The highest BCUT2D eigenvalue weighted by atomic mass is 16.5. The van der Waals surface area contributed by atoms with Crippen molar-refractivity contribution in [3.8, 4) is 0 Å². The molecule has 2 rings (SSSR count). The zero-order valence-corrected chi connectivity index (χ0v) is 16.2. The predicted octanol–water partition coefficient (Wildman–Crippen LogP) is 0.991. The van der Waals surface area contributed by atoms with E-state index in [0.29, 0.717) is 19.3 Å². The first-order chi connectivity index (χ1) is 13.8. The van der Waals surface area contributed by atoms with E-state index in [9.17, 15) is 29.4 Å². The number of ketones is 1. The van der Waals surface area contributed by atoms with E-state index in [4.69, 9.17) is 4.74 Å². The quantitative estimate of drug-likeness (QED) is 0.504. The van der Waals surface area contributed by atoms with Crippen LogP contribution >= 0.6 is 0 Å². The van der Waals surface area contributed by atoms with Gasteiger partial charge in [0, 0.05) is 12.8 Å². The Morgan fingerprint density at radius 1 is 1.21 bits per heavy atom. The summed E-state index contributed by atoms with van der Waals surface area (Å²) in [5, 5.41) is 24.0. The molecule has 1 saturated carbocycles. The average Bonchev–Trinajstić information content (AvgIpc) is 2.68. The molecule has 1 aliphatic rings. The number of alkyl carbamates (subject to hydrolysis) is 1. The summed E-state index contributed by atoms with van der Waals surface area (Å²) < 4.78 is 5.04. The number of Topliss-reactive ketones (excluding diaryl/α,β-unsaturated/α-hetero) is 1. The number of amides is 2. The molecule has 1 aliphatic carbocycles. The van der Waals surface area contributed by atoms with Gasteiger partial charge >= 0.3 is 12.1 Å². The molecule has 1 aromatic carbocycles. The maximum Gasteiger partial charge on any atom is 0.408 e. The molecular weight excluding hydrogens is 380 g/mol. The van der Waals surface area contributed by atoms with Crippen molar-refractivity contribution in [1.82, 2.24) is 10.6 Å². The summed E-state index contributed by atoms with van der Waals surface area (Å²) in [6, 6.07) is 6.21. The van der Waals surface area contributed by atoms with Crippen molar-refractivity contribution >= 4 is 23.8 Å². The Balaban J connectivity index is 1.96. The van der Waals surface area contributed by atoms with Gasteiger partial charge in [0.2, 0.25) is 5.91 Å². The molecule has 4 N–H and O–H groups in total. The molecule has 158 valence electrons. The number of nitrogens with one attached hydrogen (secondary N) is 2. The molecule has 0 unspecified atom stereocenters. The first-order valence-corrected chi connectivity index (χ1v) is 9.48. The maximum atomic E-state index is 12.5. The molecule has 0 aliphatic heterocycles. The molecule has 1 fully saturated rings. The van der Waals surface area contributed by atoms with E-state index in [1.54, 1.807) is 24.3 Å². The van der Waals surface area contributed by atoms with Crippen LogP contribution in [0.4, 0.5) is 4.79 Å². The normalized spacial score (nSPS) is 19.5.